The maximum Gasteiger partial charge on any atom is 0.204 e. The van der Waals surface area contributed by atoms with Crippen LogP contribution in [0.5, 0.6) is 23.0 Å². The fourth-order valence-electron chi connectivity index (χ4n) is 4.51. The van der Waals surface area contributed by atoms with Crippen molar-refractivity contribution in [3.8, 4) is 23.0 Å². The van der Waals surface area contributed by atoms with Crippen molar-refractivity contribution in [1.29, 1.82) is 0 Å². The van der Waals surface area contributed by atoms with Crippen LogP contribution < -0.4 is 18.9 Å². The molecule has 0 saturated carbocycles. The van der Waals surface area contributed by atoms with E-state index in [2.05, 4.69) is 9.80 Å². The standard InChI is InChI=1S/C24H30N2O5/c1-28-20-16-17-15-19(22(27)21(17)24(30-3)23(20)29-2)26-11-9-25(10-12-26)13-14-31-18-7-5-4-6-8-18/h4-8,16,19H,9-15H2,1-3H3. The van der Waals surface area contributed by atoms with Gasteiger partial charge in [0.15, 0.2) is 17.3 Å². The van der Waals surface area contributed by atoms with E-state index in [-0.39, 0.29) is 11.8 Å². The molecule has 1 fully saturated rings. The number of para-hydroxylation sites is 1. The summed E-state index contributed by atoms with van der Waals surface area (Å²) in [6.07, 6.45) is 0.669. The number of methoxy groups -OCH3 is 3. The summed E-state index contributed by atoms with van der Waals surface area (Å²) >= 11 is 0. The van der Waals surface area contributed by atoms with Gasteiger partial charge in [0, 0.05) is 32.7 Å². The second-order valence-electron chi connectivity index (χ2n) is 7.80. The second kappa shape index (κ2) is 9.58. The first-order valence-corrected chi connectivity index (χ1v) is 10.7. The Balaban J connectivity index is 1.36. The molecule has 1 aliphatic carbocycles. The van der Waals surface area contributed by atoms with Gasteiger partial charge in [-0.2, -0.15) is 0 Å². The van der Waals surface area contributed by atoms with E-state index in [4.69, 9.17) is 18.9 Å². The minimum absolute atomic E-state index is 0.105. The second-order valence-corrected chi connectivity index (χ2v) is 7.80. The molecule has 0 spiro atoms. The third kappa shape index (κ3) is 4.34. The largest absolute Gasteiger partial charge is 0.493 e. The van der Waals surface area contributed by atoms with E-state index < -0.39 is 0 Å². The van der Waals surface area contributed by atoms with Crippen molar-refractivity contribution in [2.45, 2.75) is 12.5 Å². The normalized spacial score (nSPS) is 19.2. The number of rotatable bonds is 8. The van der Waals surface area contributed by atoms with Gasteiger partial charge >= 0.3 is 0 Å². The molecular formula is C24H30N2O5. The molecule has 0 amide bonds. The lowest BCUT2D eigenvalue weighted by atomic mass is 10.1. The van der Waals surface area contributed by atoms with Crippen LogP contribution in [0.3, 0.4) is 0 Å². The van der Waals surface area contributed by atoms with E-state index in [0.29, 0.717) is 35.8 Å². The van der Waals surface area contributed by atoms with Gasteiger partial charge in [-0.3, -0.25) is 14.6 Å². The summed E-state index contributed by atoms with van der Waals surface area (Å²) < 4.78 is 22.3. The number of fused-ring (bicyclic) bond motifs is 1. The Kier molecular flexibility index (Phi) is 6.63. The first-order valence-electron chi connectivity index (χ1n) is 10.7. The van der Waals surface area contributed by atoms with E-state index in [9.17, 15) is 4.79 Å². The van der Waals surface area contributed by atoms with Crippen molar-refractivity contribution >= 4 is 5.78 Å². The van der Waals surface area contributed by atoms with Gasteiger partial charge in [0.1, 0.15) is 12.4 Å². The highest BCUT2D eigenvalue weighted by atomic mass is 16.5. The zero-order valence-electron chi connectivity index (χ0n) is 18.4. The molecule has 7 nitrogen and oxygen atoms in total. The Hall–Kier alpha value is -2.77. The average molecular weight is 427 g/mol. The van der Waals surface area contributed by atoms with Gasteiger partial charge in [0.05, 0.1) is 32.9 Å². The highest BCUT2D eigenvalue weighted by molar-refractivity contribution is 6.07. The van der Waals surface area contributed by atoms with E-state index in [0.717, 1.165) is 44.0 Å². The van der Waals surface area contributed by atoms with Gasteiger partial charge in [-0.25, -0.2) is 0 Å². The average Bonchev–Trinajstić information content (AvgIpc) is 3.15. The third-order valence-corrected chi connectivity index (χ3v) is 6.14. The lowest BCUT2D eigenvalue weighted by molar-refractivity contribution is 0.0665. The van der Waals surface area contributed by atoms with Crippen LogP contribution in [-0.4, -0.2) is 82.3 Å². The quantitative estimate of drug-likeness (QED) is 0.643. The fraction of sp³-hybridized carbons (Fsp3) is 0.458. The summed E-state index contributed by atoms with van der Waals surface area (Å²) in [5, 5.41) is 0. The molecule has 31 heavy (non-hydrogen) atoms. The van der Waals surface area contributed by atoms with Crippen LogP contribution in [0, 0.1) is 0 Å². The lowest BCUT2D eigenvalue weighted by Crippen LogP contribution is -2.52. The Morgan fingerprint density at radius 2 is 1.65 bits per heavy atom. The maximum absolute atomic E-state index is 13.3. The summed E-state index contributed by atoms with van der Waals surface area (Å²) in [5.41, 5.74) is 1.59. The molecule has 1 heterocycles. The molecular weight excluding hydrogens is 396 g/mol. The number of ether oxygens (including phenoxy) is 4. The Morgan fingerprint density at radius 3 is 2.29 bits per heavy atom. The summed E-state index contributed by atoms with van der Waals surface area (Å²) in [6.45, 7) is 5.08. The molecule has 1 atom stereocenters. The molecule has 0 N–H and O–H groups in total. The zero-order chi connectivity index (χ0) is 21.8. The number of ketones is 1. The molecule has 0 radical (unpaired) electrons. The van der Waals surface area contributed by atoms with Gasteiger partial charge in [0.25, 0.3) is 0 Å². The van der Waals surface area contributed by atoms with Crippen LogP contribution in [0.4, 0.5) is 0 Å². The number of benzene rings is 2. The Morgan fingerprint density at radius 1 is 0.935 bits per heavy atom. The van der Waals surface area contributed by atoms with Crippen molar-refractivity contribution in [1.82, 2.24) is 9.80 Å². The van der Waals surface area contributed by atoms with Crippen molar-refractivity contribution in [2.24, 2.45) is 0 Å². The minimum atomic E-state index is -0.163. The van der Waals surface area contributed by atoms with E-state index in [1.165, 1.54) is 0 Å². The first-order chi connectivity index (χ1) is 15.2. The van der Waals surface area contributed by atoms with Gasteiger partial charge in [-0.1, -0.05) is 18.2 Å². The topological polar surface area (TPSA) is 60.5 Å². The summed E-state index contributed by atoms with van der Waals surface area (Å²) in [7, 11) is 4.72. The van der Waals surface area contributed by atoms with E-state index in [1.54, 1.807) is 21.3 Å². The number of hydrogen-bond donors (Lipinski definition) is 0. The van der Waals surface area contributed by atoms with Gasteiger partial charge < -0.3 is 18.9 Å². The number of piperazine rings is 1. The number of Topliss-reactive ketones (excluding diaryl/α,β-unsaturated/α-hetero) is 1. The van der Waals surface area contributed by atoms with Crippen LogP contribution in [0.15, 0.2) is 36.4 Å². The molecule has 2 aliphatic rings. The molecule has 0 aromatic heterocycles. The predicted molar refractivity (Wildman–Crippen MR) is 118 cm³/mol. The molecule has 166 valence electrons. The summed E-state index contributed by atoms with van der Waals surface area (Å²) in [6, 6.07) is 11.6. The van der Waals surface area contributed by atoms with Crippen molar-refractivity contribution in [3.63, 3.8) is 0 Å². The predicted octanol–water partition coefficient (Wildman–Crippen LogP) is 2.52. The monoisotopic (exact) mass is 426 g/mol. The molecule has 1 aliphatic heterocycles. The highest BCUT2D eigenvalue weighted by Gasteiger charge is 2.40. The smallest absolute Gasteiger partial charge is 0.204 e. The third-order valence-electron chi connectivity index (χ3n) is 6.14. The van der Waals surface area contributed by atoms with Crippen molar-refractivity contribution in [3.05, 3.63) is 47.5 Å². The van der Waals surface area contributed by atoms with E-state index in [1.807, 2.05) is 36.4 Å². The number of carbonyl (C=O) groups is 1. The number of carbonyl (C=O) groups excluding carboxylic acids is 1. The molecule has 2 aromatic rings. The van der Waals surface area contributed by atoms with Crippen molar-refractivity contribution < 1.29 is 23.7 Å². The first kappa shape index (κ1) is 21.5. The molecule has 7 heteroatoms. The number of nitrogens with zero attached hydrogens (tertiary/aromatic N) is 2. The summed E-state index contributed by atoms with van der Waals surface area (Å²) in [5.74, 6) is 2.54. The Bertz CT molecular complexity index is 910. The van der Waals surface area contributed by atoms with Crippen LogP contribution in [-0.2, 0) is 6.42 Å². The SMILES string of the molecule is COc1cc2c(c(OC)c1OC)C(=O)C(N1CCN(CCOc3ccccc3)CC1)C2. The molecule has 2 aromatic carbocycles. The number of hydrogen-bond acceptors (Lipinski definition) is 7. The molecule has 4 rings (SSSR count). The van der Waals surface area contributed by atoms with Crippen molar-refractivity contribution in [2.75, 3.05) is 60.7 Å². The fourth-order valence-corrected chi connectivity index (χ4v) is 4.51. The van der Waals surface area contributed by atoms with Crippen LogP contribution in [0.25, 0.3) is 0 Å². The van der Waals surface area contributed by atoms with Crippen LogP contribution in [0.2, 0.25) is 0 Å². The summed E-state index contributed by atoms with van der Waals surface area (Å²) in [4.78, 5) is 18.0. The Labute approximate surface area is 183 Å². The minimum Gasteiger partial charge on any atom is -0.493 e. The van der Waals surface area contributed by atoms with Gasteiger partial charge in [-0.15, -0.1) is 0 Å². The van der Waals surface area contributed by atoms with Crippen LogP contribution in [0.1, 0.15) is 15.9 Å². The van der Waals surface area contributed by atoms with Gasteiger partial charge in [-0.05, 0) is 30.2 Å². The zero-order valence-corrected chi connectivity index (χ0v) is 18.4. The highest BCUT2D eigenvalue weighted by Crippen LogP contribution is 2.45. The lowest BCUT2D eigenvalue weighted by Gasteiger charge is -2.37. The molecule has 0 bridgehead atoms. The van der Waals surface area contributed by atoms with E-state index >= 15 is 0 Å². The maximum atomic E-state index is 13.3. The van der Waals surface area contributed by atoms with Gasteiger partial charge in [0.2, 0.25) is 5.75 Å². The molecule has 1 unspecified atom stereocenters. The van der Waals surface area contributed by atoms with Crippen LogP contribution >= 0.6 is 0 Å². The molecule has 1 saturated heterocycles.